The lowest BCUT2D eigenvalue weighted by molar-refractivity contribution is 0.340. The van der Waals surface area contributed by atoms with Crippen LogP contribution >= 0.6 is 0 Å². The van der Waals surface area contributed by atoms with Gasteiger partial charge in [-0.15, -0.1) is 10.2 Å². The number of para-hydroxylation sites is 1. The van der Waals surface area contributed by atoms with Crippen LogP contribution in [0, 0.1) is 0 Å². The maximum absolute atomic E-state index is 5.89. The lowest BCUT2D eigenvalue weighted by atomic mass is 10.1. The van der Waals surface area contributed by atoms with E-state index in [1.165, 1.54) is 0 Å². The Morgan fingerprint density at radius 1 is 0.968 bits per heavy atom. The van der Waals surface area contributed by atoms with E-state index in [0.717, 1.165) is 22.4 Å². The molecule has 0 saturated heterocycles. The second kappa shape index (κ2) is 8.79. The molecule has 0 radical (unpaired) electrons. The van der Waals surface area contributed by atoms with E-state index in [-0.39, 0.29) is 0 Å². The van der Waals surface area contributed by atoms with Gasteiger partial charge in [-0.3, -0.25) is 4.98 Å². The summed E-state index contributed by atoms with van der Waals surface area (Å²) in [5.41, 5.74) is 4.89. The maximum atomic E-state index is 5.89. The highest BCUT2D eigenvalue weighted by atomic mass is 16.5. The number of rotatable bonds is 7. The minimum absolute atomic E-state index is 0.299. The SMILES string of the molecule is C=C(c1ccc(-c2cncc(-c3nnc(-c4ccccc4OCC)o3)n2)cc1)N(C)C. The van der Waals surface area contributed by atoms with Gasteiger partial charge in [0.15, 0.2) is 0 Å². The molecule has 0 bridgehead atoms. The summed E-state index contributed by atoms with van der Waals surface area (Å²) in [4.78, 5) is 11.0. The van der Waals surface area contributed by atoms with Crippen molar-refractivity contribution in [2.24, 2.45) is 0 Å². The van der Waals surface area contributed by atoms with E-state index in [1.54, 1.807) is 12.4 Å². The van der Waals surface area contributed by atoms with Gasteiger partial charge in [-0.05, 0) is 24.6 Å². The molecule has 156 valence electrons. The standard InChI is InChI=1S/C24H23N5O2/c1-5-30-22-9-7-6-8-19(22)23-27-28-24(31-23)21-15-25-14-20(26-21)18-12-10-17(11-13-18)16(2)29(3)4/h6-15H,2,5H2,1,3-4H3. The van der Waals surface area contributed by atoms with Crippen molar-refractivity contribution >= 4 is 5.70 Å². The molecular weight excluding hydrogens is 390 g/mol. The fourth-order valence-corrected chi connectivity index (χ4v) is 3.06. The molecule has 0 saturated carbocycles. The van der Waals surface area contributed by atoms with Gasteiger partial charge in [-0.2, -0.15) is 0 Å². The van der Waals surface area contributed by atoms with Crippen LogP contribution in [-0.2, 0) is 0 Å². The van der Waals surface area contributed by atoms with Crippen LogP contribution in [0.1, 0.15) is 12.5 Å². The summed E-state index contributed by atoms with van der Waals surface area (Å²) in [6.07, 6.45) is 3.32. The molecule has 7 nitrogen and oxygen atoms in total. The number of benzene rings is 2. The van der Waals surface area contributed by atoms with Crippen molar-refractivity contribution in [3.8, 4) is 40.0 Å². The summed E-state index contributed by atoms with van der Waals surface area (Å²) in [7, 11) is 3.94. The molecule has 0 unspecified atom stereocenters. The smallest absolute Gasteiger partial charge is 0.268 e. The molecule has 0 aliphatic carbocycles. The summed E-state index contributed by atoms with van der Waals surface area (Å²) in [6.45, 7) is 6.57. The Bertz CT molecular complexity index is 1200. The van der Waals surface area contributed by atoms with Gasteiger partial charge in [0.2, 0.25) is 0 Å². The number of hydrogen-bond acceptors (Lipinski definition) is 7. The van der Waals surface area contributed by atoms with E-state index in [9.17, 15) is 0 Å². The van der Waals surface area contributed by atoms with E-state index >= 15 is 0 Å². The third-order valence-electron chi connectivity index (χ3n) is 4.75. The van der Waals surface area contributed by atoms with E-state index in [4.69, 9.17) is 9.15 Å². The Kier molecular flexibility index (Phi) is 5.75. The number of ether oxygens (including phenoxy) is 1. The van der Waals surface area contributed by atoms with Gasteiger partial charge in [-0.25, -0.2) is 4.98 Å². The van der Waals surface area contributed by atoms with Crippen LogP contribution in [0.2, 0.25) is 0 Å². The Labute approximate surface area is 181 Å². The maximum Gasteiger partial charge on any atom is 0.268 e. The molecule has 0 amide bonds. The minimum atomic E-state index is 0.299. The fraction of sp³-hybridized carbons (Fsp3) is 0.167. The van der Waals surface area contributed by atoms with Crippen LogP contribution < -0.4 is 4.74 Å². The summed E-state index contributed by atoms with van der Waals surface area (Å²) < 4.78 is 11.5. The van der Waals surface area contributed by atoms with Crippen LogP contribution in [-0.4, -0.2) is 45.8 Å². The van der Waals surface area contributed by atoms with Gasteiger partial charge < -0.3 is 14.1 Å². The van der Waals surface area contributed by atoms with Crippen molar-refractivity contribution in [1.29, 1.82) is 0 Å². The molecule has 31 heavy (non-hydrogen) atoms. The first-order chi connectivity index (χ1) is 15.1. The van der Waals surface area contributed by atoms with Gasteiger partial charge in [-0.1, -0.05) is 43.0 Å². The molecule has 0 spiro atoms. The van der Waals surface area contributed by atoms with Crippen molar-refractivity contribution < 1.29 is 9.15 Å². The molecule has 7 heteroatoms. The minimum Gasteiger partial charge on any atom is -0.493 e. The molecule has 4 rings (SSSR count). The summed E-state index contributed by atoms with van der Waals surface area (Å²) in [5.74, 6) is 1.37. The average molecular weight is 413 g/mol. The van der Waals surface area contributed by atoms with Crippen LogP contribution in [0.15, 0.2) is 71.9 Å². The quantitative estimate of drug-likeness (QED) is 0.431. The van der Waals surface area contributed by atoms with Gasteiger partial charge in [0.25, 0.3) is 11.8 Å². The number of hydrogen-bond donors (Lipinski definition) is 0. The second-order valence-corrected chi connectivity index (χ2v) is 7.05. The van der Waals surface area contributed by atoms with Crippen molar-refractivity contribution in [2.45, 2.75) is 6.92 Å². The molecule has 0 atom stereocenters. The van der Waals surface area contributed by atoms with Gasteiger partial charge in [0, 0.05) is 25.4 Å². The van der Waals surface area contributed by atoms with E-state index < -0.39 is 0 Å². The lowest BCUT2D eigenvalue weighted by Gasteiger charge is -2.15. The highest BCUT2D eigenvalue weighted by Crippen LogP contribution is 2.31. The summed E-state index contributed by atoms with van der Waals surface area (Å²) >= 11 is 0. The normalized spacial score (nSPS) is 10.7. The Morgan fingerprint density at radius 3 is 2.42 bits per heavy atom. The first-order valence-electron chi connectivity index (χ1n) is 9.92. The predicted octanol–water partition coefficient (Wildman–Crippen LogP) is 4.79. The molecule has 4 aromatic rings. The lowest BCUT2D eigenvalue weighted by Crippen LogP contribution is -2.08. The van der Waals surface area contributed by atoms with Crippen LogP contribution in [0.5, 0.6) is 5.75 Å². The zero-order valence-electron chi connectivity index (χ0n) is 17.7. The highest BCUT2D eigenvalue weighted by Gasteiger charge is 2.16. The Morgan fingerprint density at radius 2 is 1.68 bits per heavy atom. The Balaban J connectivity index is 1.62. The largest absolute Gasteiger partial charge is 0.493 e. The summed E-state index contributed by atoms with van der Waals surface area (Å²) in [6, 6.07) is 15.6. The Hall–Kier alpha value is -4.00. The van der Waals surface area contributed by atoms with Crippen molar-refractivity contribution in [3.63, 3.8) is 0 Å². The molecule has 0 aliphatic heterocycles. The van der Waals surface area contributed by atoms with Gasteiger partial charge in [0.05, 0.1) is 30.3 Å². The van der Waals surface area contributed by atoms with Gasteiger partial charge >= 0.3 is 0 Å². The molecule has 0 aliphatic rings. The zero-order chi connectivity index (χ0) is 21.8. The van der Waals surface area contributed by atoms with Crippen LogP contribution in [0.4, 0.5) is 0 Å². The predicted molar refractivity (Wildman–Crippen MR) is 120 cm³/mol. The second-order valence-electron chi connectivity index (χ2n) is 7.05. The van der Waals surface area contributed by atoms with E-state index in [2.05, 4.69) is 26.7 Å². The van der Waals surface area contributed by atoms with Crippen molar-refractivity contribution in [1.82, 2.24) is 25.1 Å². The molecule has 2 aromatic carbocycles. The average Bonchev–Trinajstić information content (AvgIpc) is 3.29. The van der Waals surface area contributed by atoms with E-state index in [0.29, 0.717) is 35.5 Å². The molecule has 2 heterocycles. The van der Waals surface area contributed by atoms with Crippen molar-refractivity contribution in [3.05, 3.63) is 73.1 Å². The van der Waals surface area contributed by atoms with Crippen LogP contribution in [0.3, 0.4) is 0 Å². The highest BCUT2D eigenvalue weighted by molar-refractivity contribution is 5.68. The number of nitrogens with zero attached hydrogens (tertiary/aromatic N) is 5. The topological polar surface area (TPSA) is 77.2 Å². The van der Waals surface area contributed by atoms with Crippen LogP contribution in [0.25, 0.3) is 40.0 Å². The third-order valence-corrected chi connectivity index (χ3v) is 4.75. The fourth-order valence-electron chi connectivity index (χ4n) is 3.06. The first-order valence-corrected chi connectivity index (χ1v) is 9.92. The zero-order valence-corrected chi connectivity index (χ0v) is 17.7. The molecular formula is C24H23N5O2. The van der Waals surface area contributed by atoms with E-state index in [1.807, 2.05) is 74.4 Å². The molecule has 2 aromatic heterocycles. The monoisotopic (exact) mass is 413 g/mol. The molecule has 0 N–H and O–H groups in total. The first kappa shape index (κ1) is 20.3. The number of aromatic nitrogens is 4. The van der Waals surface area contributed by atoms with Crippen molar-refractivity contribution in [2.75, 3.05) is 20.7 Å². The van der Waals surface area contributed by atoms with Gasteiger partial charge in [0.1, 0.15) is 11.4 Å². The summed E-state index contributed by atoms with van der Waals surface area (Å²) in [5, 5.41) is 8.34. The molecule has 0 fully saturated rings. The third kappa shape index (κ3) is 4.30.